The Morgan fingerprint density at radius 1 is 1.11 bits per heavy atom. The van der Waals surface area contributed by atoms with E-state index in [0.717, 1.165) is 30.6 Å². The van der Waals surface area contributed by atoms with Gasteiger partial charge in [0.1, 0.15) is 0 Å². The second kappa shape index (κ2) is 3.43. The number of fused-ring (bicyclic) bond motifs is 1. The molecule has 5 aliphatic rings. The molecule has 0 saturated heterocycles. The first-order chi connectivity index (χ1) is 9.23. The fourth-order valence-corrected chi connectivity index (χ4v) is 6.13. The maximum absolute atomic E-state index is 6.20. The van der Waals surface area contributed by atoms with Gasteiger partial charge in [-0.1, -0.05) is 0 Å². The monoisotopic (exact) mass is 257 g/mol. The number of nitrogens with zero attached hydrogens (tertiary/aromatic N) is 2. The Morgan fingerprint density at radius 3 is 2.37 bits per heavy atom. The molecule has 0 spiro atoms. The van der Waals surface area contributed by atoms with Gasteiger partial charge in [0.2, 0.25) is 0 Å². The van der Waals surface area contributed by atoms with Gasteiger partial charge in [-0.25, -0.2) is 0 Å². The average Bonchev–Trinajstić information content (AvgIpc) is 2.91. The van der Waals surface area contributed by atoms with Crippen LogP contribution < -0.4 is 5.73 Å². The van der Waals surface area contributed by atoms with Gasteiger partial charge >= 0.3 is 0 Å². The van der Waals surface area contributed by atoms with E-state index in [9.17, 15) is 0 Å². The summed E-state index contributed by atoms with van der Waals surface area (Å²) in [6.07, 6.45) is 13.0. The molecule has 1 unspecified atom stereocenters. The highest BCUT2D eigenvalue weighted by molar-refractivity contribution is 5.28. The molecule has 19 heavy (non-hydrogen) atoms. The third-order valence-corrected chi connectivity index (χ3v) is 6.45. The fourth-order valence-electron chi connectivity index (χ4n) is 6.13. The highest BCUT2D eigenvalue weighted by Crippen LogP contribution is 2.59. The third kappa shape index (κ3) is 1.35. The summed E-state index contributed by atoms with van der Waals surface area (Å²) in [7, 11) is 0. The lowest BCUT2D eigenvalue weighted by Crippen LogP contribution is -2.52. The standard InChI is InChI=1S/C16H23N3/c17-14-1-2-15-13(14)9-18-19(15)16-6-10-3-11(7-16)5-12(4-10)8-16/h9-12,14H,1-8,17H2. The molecule has 0 amide bonds. The minimum Gasteiger partial charge on any atom is -0.324 e. The Kier molecular flexibility index (Phi) is 1.97. The number of hydrogen-bond acceptors (Lipinski definition) is 2. The van der Waals surface area contributed by atoms with Crippen LogP contribution >= 0.6 is 0 Å². The molecular formula is C16H23N3. The van der Waals surface area contributed by atoms with Gasteiger partial charge in [-0.2, -0.15) is 5.10 Å². The molecule has 102 valence electrons. The van der Waals surface area contributed by atoms with E-state index in [4.69, 9.17) is 10.8 Å². The van der Waals surface area contributed by atoms with E-state index in [1.165, 1.54) is 49.8 Å². The van der Waals surface area contributed by atoms with E-state index >= 15 is 0 Å². The van der Waals surface area contributed by atoms with Gasteiger partial charge in [-0.05, 0) is 69.1 Å². The van der Waals surface area contributed by atoms with Crippen LogP contribution in [0.15, 0.2) is 6.20 Å². The van der Waals surface area contributed by atoms with Crippen molar-refractivity contribution in [2.24, 2.45) is 23.5 Å². The second-order valence-corrected chi connectivity index (χ2v) is 7.75. The molecule has 1 heterocycles. The van der Waals surface area contributed by atoms with Crippen LogP contribution in [0.5, 0.6) is 0 Å². The number of rotatable bonds is 1. The molecule has 4 bridgehead atoms. The zero-order valence-electron chi connectivity index (χ0n) is 11.5. The van der Waals surface area contributed by atoms with Crippen LogP contribution in [0.3, 0.4) is 0 Å². The Bertz CT molecular complexity index is 495. The van der Waals surface area contributed by atoms with Gasteiger partial charge in [0.05, 0.1) is 11.7 Å². The minimum absolute atomic E-state index is 0.248. The number of hydrogen-bond donors (Lipinski definition) is 1. The van der Waals surface area contributed by atoms with E-state index < -0.39 is 0 Å². The van der Waals surface area contributed by atoms with Crippen molar-refractivity contribution in [1.82, 2.24) is 9.78 Å². The molecule has 2 N–H and O–H groups in total. The van der Waals surface area contributed by atoms with Crippen LogP contribution in [0, 0.1) is 17.8 Å². The summed E-state index contributed by atoms with van der Waals surface area (Å²) in [6, 6.07) is 0.248. The molecule has 0 radical (unpaired) electrons. The van der Waals surface area contributed by atoms with Gasteiger partial charge in [0.25, 0.3) is 0 Å². The predicted octanol–water partition coefficient (Wildman–Crippen LogP) is 2.75. The van der Waals surface area contributed by atoms with E-state index in [1.807, 2.05) is 0 Å². The Labute approximate surface area is 114 Å². The zero-order chi connectivity index (χ0) is 12.6. The quantitative estimate of drug-likeness (QED) is 0.840. The molecule has 0 aliphatic heterocycles. The fraction of sp³-hybridized carbons (Fsp3) is 0.812. The molecule has 0 aromatic carbocycles. The Hall–Kier alpha value is -0.830. The van der Waals surface area contributed by atoms with E-state index in [1.54, 1.807) is 0 Å². The van der Waals surface area contributed by atoms with Crippen molar-refractivity contribution in [3.63, 3.8) is 0 Å². The topological polar surface area (TPSA) is 43.8 Å². The maximum atomic E-state index is 6.20. The van der Waals surface area contributed by atoms with Crippen LogP contribution in [-0.2, 0) is 12.0 Å². The summed E-state index contributed by atoms with van der Waals surface area (Å²) >= 11 is 0. The van der Waals surface area contributed by atoms with Gasteiger partial charge in [0.15, 0.2) is 0 Å². The lowest BCUT2D eigenvalue weighted by molar-refractivity contribution is -0.0506. The van der Waals surface area contributed by atoms with Gasteiger partial charge < -0.3 is 5.73 Å². The van der Waals surface area contributed by atoms with E-state index in [2.05, 4.69) is 10.9 Å². The van der Waals surface area contributed by atoms with Crippen molar-refractivity contribution in [2.75, 3.05) is 0 Å². The molecule has 4 saturated carbocycles. The zero-order valence-corrected chi connectivity index (χ0v) is 11.5. The first-order valence-electron chi connectivity index (χ1n) is 8.06. The van der Waals surface area contributed by atoms with Crippen LogP contribution in [0.4, 0.5) is 0 Å². The Morgan fingerprint density at radius 2 is 1.74 bits per heavy atom. The molecule has 3 nitrogen and oxygen atoms in total. The third-order valence-electron chi connectivity index (χ3n) is 6.45. The molecule has 1 aromatic rings. The maximum Gasteiger partial charge on any atom is 0.0638 e. The van der Waals surface area contributed by atoms with E-state index in [0.29, 0.717) is 5.54 Å². The predicted molar refractivity (Wildman–Crippen MR) is 73.6 cm³/mol. The van der Waals surface area contributed by atoms with Crippen LogP contribution in [0.1, 0.15) is 62.2 Å². The van der Waals surface area contributed by atoms with Crippen LogP contribution in [0.2, 0.25) is 0 Å². The summed E-state index contributed by atoms with van der Waals surface area (Å²) in [5.41, 5.74) is 9.40. The molecule has 1 atom stereocenters. The molecule has 5 aliphatic carbocycles. The van der Waals surface area contributed by atoms with E-state index in [-0.39, 0.29) is 6.04 Å². The number of nitrogens with two attached hydrogens (primary N) is 1. The smallest absolute Gasteiger partial charge is 0.0638 e. The summed E-state index contributed by atoms with van der Waals surface area (Å²) in [5.74, 6) is 2.96. The lowest BCUT2D eigenvalue weighted by Gasteiger charge is -2.57. The molecule has 6 rings (SSSR count). The number of aromatic nitrogens is 2. The van der Waals surface area contributed by atoms with Gasteiger partial charge in [-0.3, -0.25) is 4.68 Å². The van der Waals surface area contributed by atoms with Crippen molar-refractivity contribution in [2.45, 2.75) is 62.9 Å². The lowest BCUT2D eigenvalue weighted by atomic mass is 9.53. The summed E-state index contributed by atoms with van der Waals surface area (Å²) in [5, 5.41) is 4.81. The minimum atomic E-state index is 0.248. The SMILES string of the molecule is NC1CCc2c1cnn2C12CC3CC(CC(C3)C1)C2. The molecule has 3 heteroatoms. The van der Waals surface area contributed by atoms with Crippen molar-refractivity contribution in [1.29, 1.82) is 0 Å². The van der Waals surface area contributed by atoms with Crippen LogP contribution in [0.25, 0.3) is 0 Å². The second-order valence-electron chi connectivity index (χ2n) is 7.75. The normalized spacial score (nSPS) is 46.8. The van der Waals surface area contributed by atoms with Crippen molar-refractivity contribution in [3.05, 3.63) is 17.5 Å². The molecular weight excluding hydrogens is 234 g/mol. The van der Waals surface area contributed by atoms with Crippen molar-refractivity contribution in [3.8, 4) is 0 Å². The largest absolute Gasteiger partial charge is 0.324 e. The van der Waals surface area contributed by atoms with Crippen molar-refractivity contribution < 1.29 is 0 Å². The highest BCUT2D eigenvalue weighted by atomic mass is 15.3. The van der Waals surface area contributed by atoms with Gasteiger partial charge in [0, 0.05) is 17.3 Å². The highest BCUT2D eigenvalue weighted by Gasteiger charge is 2.53. The van der Waals surface area contributed by atoms with Gasteiger partial charge in [-0.15, -0.1) is 0 Å². The molecule has 1 aromatic heterocycles. The summed E-state index contributed by atoms with van der Waals surface area (Å²) in [6.45, 7) is 0. The first-order valence-corrected chi connectivity index (χ1v) is 8.06. The first kappa shape index (κ1) is 10.9. The van der Waals surface area contributed by atoms with Crippen LogP contribution in [-0.4, -0.2) is 9.78 Å². The Balaban J connectivity index is 1.61. The summed E-state index contributed by atoms with van der Waals surface area (Å²) < 4.78 is 2.46. The average molecular weight is 257 g/mol. The summed E-state index contributed by atoms with van der Waals surface area (Å²) in [4.78, 5) is 0. The molecule has 4 fully saturated rings. The van der Waals surface area contributed by atoms with Crippen molar-refractivity contribution >= 4 is 0 Å².